The van der Waals surface area contributed by atoms with Crippen LogP contribution >= 0.6 is 24.0 Å². The molecule has 0 bridgehead atoms. The van der Waals surface area contributed by atoms with E-state index in [1.54, 1.807) is 0 Å². The first kappa shape index (κ1) is 17.0. The van der Waals surface area contributed by atoms with Gasteiger partial charge >= 0.3 is 0 Å². The van der Waals surface area contributed by atoms with Gasteiger partial charge < -0.3 is 15.0 Å². The van der Waals surface area contributed by atoms with Crippen LogP contribution in [-0.4, -0.2) is 50.3 Å². The van der Waals surface area contributed by atoms with E-state index in [1.807, 2.05) is 0 Å². The molecule has 2 aliphatic rings. The fourth-order valence-electron chi connectivity index (χ4n) is 2.24. The van der Waals surface area contributed by atoms with E-state index in [0.717, 1.165) is 57.7 Å². The Morgan fingerprint density at radius 1 is 1.32 bits per heavy atom. The summed E-state index contributed by atoms with van der Waals surface area (Å²) in [5, 5.41) is 3.38. The molecule has 1 heterocycles. The van der Waals surface area contributed by atoms with Crippen LogP contribution in [0, 0.1) is 5.92 Å². The first-order valence-corrected chi connectivity index (χ1v) is 7.51. The fourth-order valence-corrected chi connectivity index (χ4v) is 2.24. The van der Waals surface area contributed by atoms with Crippen molar-refractivity contribution in [2.45, 2.75) is 39.0 Å². The zero-order chi connectivity index (χ0) is 12.6. The smallest absolute Gasteiger partial charge is 0.193 e. The molecule has 112 valence electrons. The highest BCUT2D eigenvalue weighted by molar-refractivity contribution is 14.0. The molecule has 0 aromatic rings. The molecule has 1 aliphatic heterocycles. The molecule has 1 N–H and O–H groups in total. The second-order valence-corrected chi connectivity index (χ2v) is 5.30. The van der Waals surface area contributed by atoms with Crippen molar-refractivity contribution in [3.63, 3.8) is 0 Å². The van der Waals surface area contributed by atoms with E-state index in [1.165, 1.54) is 25.7 Å². The van der Waals surface area contributed by atoms with Crippen molar-refractivity contribution in [1.82, 2.24) is 10.2 Å². The third-order valence-electron chi connectivity index (χ3n) is 3.50. The number of halogens is 1. The van der Waals surface area contributed by atoms with Gasteiger partial charge in [-0.2, -0.15) is 0 Å². The highest BCUT2D eigenvalue weighted by Crippen LogP contribution is 2.28. The van der Waals surface area contributed by atoms with E-state index >= 15 is 0 Å². The molecule has 0 spiro atoms. The summed E-state index contributed by atoms with van der Waals surface area (Å²) in [6.07, 6.45) is 6.38. The molecule has 0 aromatic carbocycles. The lowest BCUT2D eigenvalue weighted by Crippen LogP contribution is -2.39. The zero-order valence-electron chi connectivity index (χ0n) is 12.1. The quantitative estimate of drug-likeness (QED) is 0.319. The Morgan fingerprint density at radius 2 is 2.05 bits per heavy atom. The van der Waals surface area contributed by atoms with Crippen LogP contribution in [0.15, 0.2) is 4.99 Å². The maximum absolute atomic E-state index is 5.62. The van der Waals surface area contributed by atoms with Crippen LogP contribution < -0.4 is 5.32 Å². The van der Waals surface area contributed by atoms with Gasteiger partial charge in [0.05, 0.1) is 0 Å². The number of guanidine groups is 1. The predicted octanol–water partition coefficient (Wildman–Crippen LogP) is 2.48. The lowest BCUT2D eigenvalue weighted by atomic mass is 10.4. The molecule has 5 heteroatoms. The molecule has 1 saturated carbocycles. The molecule has 4 nitrogen and oxygen atoms in total. The number of rotatable bonds is 7. The van der Waals surface area contributed by atoms with Crippen LogP contribution in [0.1, 0.15) is 39.0 Å². The maximum Gasteiger partial charge on any atom is 0.193 e. The van der Waals surface area contributed by atoms with Crippen molar-refractivity contribution >= 4 is 29.9 Å². The first-order valence-electron chi connectivity index (χ1n) is 7.51. The molecule has 1 aliphatic carbocycles. The van der Waals surface area contributed by atoms with Crippen LogP contribution in [0.2, 0.25) is 0 Å². The largest absolute Gasteiger partial charge is 0.381 e. The predicted molar refractivity (Wildman–Crippen MR) is 90.4 cm³/mol. The monoisotopic (exact) mass is 381 g/mol. The minimum Gasteiger partial charge on any atom is -0.381 e. The third-order valence-corrected chi connectivity index (χ3v) is 3.50. The summed E-state index contributed by atoms with van der Waals surface area (Å²) >= 11 is 0. The first-order chi connectivity index (χ1) is 8.90. The van der Waals surface area contributed by atoms with Crippen LogP contribution in [0.25, 0.3) is 0 Å². The Morgan fingerprint density at radius 3 is 2.68 bits per heavy atom. The summed E-state index contributed by atoms with van der Waals surface area (Å²) in [4.78, 5) is 7.05. The number of likely N-dealkylation sites (tertiary alicyclic amines) is 1. The molecule has 2 rings (SSSR count). The van der Waals surface area contributed by atoms with Crippen molar-refractivity contribution in [2.24, 2.45) is 10.9 Å². The van der Waals surface area contributed by atoms with Gasteiger partial charge in [-0.05, 0) is 44.9 Å². The Labute approximate surface area is 134 Å². The number of aliphatic imine (C=N–C) groups is 1. The van der Waals surface area contributed by atoms with Gasteiger partial charge in [-0.3, -0.25) is 4.99 Å². The number of nitrogens with zero attached hydrogens (tertiary/aromatic N) is 2. The number of hydrogen-bond acceptors (Lipinski definition) is 2. The SMILES string of the molecule is CCNC(=NCCCOCC1CC1)N1CCCC1.I. The Kier molecular flexibility index (Phi) is 8.77. The van der Waals surface area contributed by atoms with Crippen LogP contribution in [0.4, 0.5) is 0 Å². The summed E-state index contributed by atoms with van der Waals surface area (Å²) in [6, 6.07) is 0. The van der Waals surface area contributed by atoms with Crippen molar-refractivity contribution in [1.29, 1.82) is 0 Å². The number of nitrogens with one attached hydrogen (secondary N) is 1. The average Bonchev–Trinajstić information content (AvgIpc) is 3.04. The highest BCUT2D eigenvalue weighted by Gasteiger charge is 2.20. The molecular weight excluding hydrogens is 353 g/mol. The Balaban J connectivity index is 0.00000180. The minimum atomic E-state index is 0. The topological polar surface area (TPSA) is 36.9 Å². The molecule has 1 saturated heterocycles. The average molecular weight is 381 g/mol. The van der Waals surface area contributed by atoms with Crippen LogP contribution in [0.3, 0.4) is 0 Å². The van der Waals surface area contributed by atoms with Crippen molar-refractivity contribution in [3.05, 3.63) is 0 Å². The highest BCUT2D eigenvalue weighted by atomic mass is 127. The van der Waals surface area contributed by atoms with E-state index in [2.05, 4.69) is 22.1 Å². The zero-order valence-corrected chi connectivity index (χ0v) is 14.4. The molecular formula is C14H28IN3O. The van der Waals surface area contributed by atoms with Crippen LogP contribution in [-0.2, 0) is 4.74 Å². The molecule has 0 radical (unpaired) electrons. The second-order valence-electron chi connectivity index (χ2n) is 5.30. The van der Waals surface area contributed by atoms with Gasteiger partial charge in [0.25, 0.3) is 0 Å². The standard InChI is InChI=1S/C14H27N3O.HI/c1-2-15-14(17-9-3-4-10-17)16-8-5-11-18-12-13-6-7-13;/h13H,2-12H2,1H3,(H,15,16);1H. The van der Waals surface area contributed by atoms with Gasteiger partial charge in [0, 0.05) is 39.4 Å². The van der Waals surface area contributed by atoms with Crippen molar-refractivity contribution in [3.8, 4) is 0 Å². The van der Waals surface area contributed by atoms with Gasteiger partial charge in [-0.25, -0.2) is 0 Å². The molecule has 0 amide bonds. The van der Waals surface area contributed by atoms with E-state index in [-0.39, 0.29) is 24.0 Å². The van der Waals surface area contributed by atoms with Gasteiger partial charge in [-0.1, -0.05) is 0 Å². The number of hydrogen-bond donors (Lipinski definition) is 1. The summed E-state index contributed by atoms with van der Waals surface area (Å²) in [7, 11) is 0. The second kappa shape index (κ2) is 9.80. The van der Waals surface area contributed by atoms with Crippen molar-refractivity contribution in [2.75, 3.05) is 39.4 Å². The molecule has 19 heavy (non-hydrogen) atoms. The molecule has 0 atom stereocenters. The van der Waals surface area contributed by atoms with Gasteiger partial charge in [0.1, 0.15) is 0 Å². The van der Waals surface area contributed by atoms with E-state index < -0.39 is 0 Å². The van der Waals surface area contributed by atoms with E-state index in [0.29, 0.717) is 0 Å². The minimum absolute atomic E-state index is 0. The fraction of sp³-hybridized carbons (Fsp3) is 0.929. The normalized spacial score (nSPS) is 19.4. The lowest BCUT2D eigenvalue weighted by molar-refractivity contribution is 0.123. The van der Waals surface area contributed by atoms with Gasteiger partial charge in [0.15, 0.2) is 5.96 Å². The molecule has 0 unspecified atom stereocenters. The molecule has 0 aromatic heterocycles. The Hall–Kier alpha value is -0.0400. The summed E-state index contributed by atoms with van der Waals surface area (Å²) in [6.45, 7) is 8.10. The van der Waals surface area contributed by atoms with Crippen molar-refractivity contribution < 1.29 is 4.74 Å². The van der Waals surface area contributed by atoms with E-state index in [9.17, 15) is 0 Å². The van der Waals surface area contributed by atoms with E-state index in [4.69, 9.17) is 4.74 Å². The van der Waals surface area contributed by atoms with Gasteiger partial charge in [-0.15, -0.1) is 24.0 Å². The lowest BCUT2D eigenvalue weighted by Gasteiger charge is -2.20. The Bertz CT molecular complexity index is 263. The van der Waals surface area contributed by atoms with Crippen LogP contribution in [0.5, 0.6) is 0 Å². The summed E-state index contributed by atoms with van der Waals surface area (Å²) in [5.41, 5.74) is 0. The van der Waals surface area contributed by atoms with Gasteiger partial charge in [0.2, 0.25) is 0 Å². The molecule has 2 fully saturated rings. The summed E-state index contributed by atoms with van der Waals surface area (Å²) in [5.74, 6) is 1.97. The third kappa shape index (κ3) is 6.79. The summed E-state index contributed by atoms with van der Waals surface area (Å²) < 4.78 is 5.62. The number of ether oxygens (including phenoxy) is 1. The maximum atomic E-state index is 5.62.